The van der Waals surface area contributed by atoms with Gasteiger partial charge in [-0.2, -0.15) is 0 Å². The summed E-state index contributed by atoms with van der Waals surface area (Å²) in [5, 5.41) is 12.7. The molecule has 1 aromatic heterocycles. The van der Waals surface area contributed by atoms with Crippen molar-refractivity contribution < 1.29 is 9.90 Å². The van der Waals surface area contributed by atoms with Crippen LogP contribution in [-0.4, -0.2) is 57.6 Å². The molecule has 2 aliphatic rings. The molecule has 0 aliphatic carbocycles. The van der Waals surface area contributed by atoms with Gasteiger partial charge in [0.2, 0.25) is 0 Å². The lowest BCUT2D eigenvalue weighted by atomic mass is 9.97. The highest BCUT2D eigenvalue weighted by molar-refractivity contribution is 7.07. The lowest BCUT2D eigenvalue weighted by molar-refractivity contribution is 0.00800. The van der Waals surface area contributed by atoms with Gasteiger partial charge in [0.05, 0.1) is 17.7 Å². The largest absolute Gasteiger partial charge is 0.387 e. The van der Waals surface area contributed by atoms with Gasteiger partial charge < -0.3 is 10.0 Å². The SMILES string of the molecule is O=C(c1cscn1)N1CCC(O)(CN2CCc3ccccc3C2)C1. The summed E-state index contributed by atoms with van der Waals surface area (Å²) in [5.74, 6) is -0.0730. The van der Waals surface area contributed by atoms with Crippen molar-refractivity contribution in [3.63, 3.8) is 0 Å². The fourth-order valence-corrected chi connectivity index (χ4v) is 4.27. The number of thiazole rings is 1. The number of fused-ring (bicyclic) bond motifs is 1. The minimum absolute atomic E-state index is 0.0730. The van der Waals surface area contributed by atoms with E-state index < -0.39 is 5.60 Å². The molecule has 1 amide bonds. The molecule has 5 nitrogen and oxygen atoms in total. The molecule has 0 bridgehead atoms. The Morgan fingerprint density at radius 1 is 1.29 bits per heavy atom. The highest BCUT2D eigenvalue weighted by Gasteiger charge is 2.40. The molecule has 126 valence electrons. The topological polar surface area (TPSA) is 56.7 Å². The molecule has 1 atom stereocenters. The fourth-order valence-electron chi connectivity index (χ4n) is 3.74. The molecule has 1 saturated heterocycles. The van der Waals surface area contributed by atoms with Crippen LogP contribution < -0.4 is 0 Å². The molecule has 2 aromatic rings. The van der Waals surface area contributed by atoms with Crippen LogP contribution in [0, 0.1) is 0 Å². The van der Waals surface area contributed by atoms with Gasteiger partial charge in [-0.1, -0.05) is 24.3 Å². The van der Waals surface area contributed by atoms with Crippen LogP contribution in [0.3, 0.4) is 0 Å². The van der Waals surface area contributed by atoms with E-state index in [1.807, 2.05) is 0 Å². The summed E-state index contributed by atoms with van der Waals surface area (Å²) < 4.78 is 0. The Hall–Kier alpha value is -1.76. The highest BCUT2D eigenvalue weighted by atomic mass is 32.1. The van der Waals surface area contributed by atoms with E-state index in [-0.39, 0.29) is 5.91 Å². The van der Waals surface area contributed by atoms with Crippen molar-refractivity contribution in [2.75, 3.05) is 26.2 Å². The minimum atomic E-state index is -0.821. The van der Waals surface area contributed by atoms with Gasteiger partial charge in [-0.15, -0.1) is 11.3 Å². The average molecular weight is 343 g/mol. The number of benzene rings is 1. The quantitative estimate of drug-likeness (QED) is 0.923. The summed E-state index contributed by atoms with van der Waals surface area (Å²) >= 11 is 1.42. The summed E-state index contributed by atoms with van der Waals surface area (Å²) in [5.41, 5.74) is 4.09. The number of hydrogen-bond acceptors (Lipinski definition) is 5. The van der Waals surface area contributed by atoms with Crippen LogP contribution in [0.4, 0.5) is 0 Å². The van der Waals surface area contributed by atoms with Gasteiger partial charge in [0.1, 0.15) is 5.69 Å². The van der Waals surface area contributed by atoms with E-state index in [2.05, 4.69) is 34.1 Å². The van der Waals surface area contributed by atoms with E-state index in [1.165, 1.54) is 22.5 Å². The first kappa shape index (κ1) is 15.7. The number of nitrogens with zero attached hydrogens (tertiary/aromatic N) is 3. The van der Waals surface area contributed by atoms with E-state index in [0.29, 0.717) is 31.7 Å². The smallest absolute Gasteiger partial charge is 0.273 e. The Kier molecular flexibility index (Phi) is 4.12. The molecule has 1 unspecified atom stereocenters. The number of carbonyl (C=O) groups excluding carboxylic acids is 1. The first-order valence-corrected chi connectivity index (χ1v) is 9.26. The van der Waals surface area contributed by atoms with E-state index in [0.717, 1.165) is 19.5 Å². The molecule has 1 fully saturated rings. The van der Waals surface area contributed by atoms with Crippen molar-refractivity contribution in [3.05, 3.63) is 52.0 Å². The Morgan fingerprint density at radius 2 is 2.12 bits per heavy atom. The highest BCUT2D eigenvalue weighted by Crippen LogP contribution is 2.27. The summed E-state index contributed by atoms with van der Waals surface area (Å²) in [6, 6.07) is 8.51. The maximum atomic E-state index is 12.4. The van der Waals surface area contributed by atoms with Crippen molar-refractivity contribution in [2.45, 2.75) is 25.0 Å². The van der Waals surface area contributed by atoms with Gasteiger partial charge in [-0.3, -0.25) is 9.69 Å². The predicted octanol–water partition coefficient (Wildman–Crippen LogP) is 1.78. The van der Waals surface area contributed by atoms with Crippen LogP contribution in [0.1, 0.15) is 28.0 Å². The molecule has 0 saturated carbocycles. The second-order valence-corrected chi connectivity index (χ2v) is 7.52. The third kappa shape index (κ3) is 3.09. The minimum Gasteiger partial charge on any atom is -0.387 e. The predicted molar refractivity (Wildman–Crippen MR) is 93.0 cm³/mol. The number of carbonyl (C=O) groups is 1. The standard InChI is InChI=1S/C18H21N3O2S/c22-17(16-10-24-13-19-16)21-8-6-18(23,12-21)11-20-7-5-14-3-1-2-4-15(14)9-20/h1-4,10,13,23H,5-9,11-12H2. The zero-order valence-corrected chi connectivity index (χ0v) is 14.3. The van der Waals surface area contributed by atoms with Crippen LogP contribution >= 0.6 is 11.3 Å². The van der Waals surface area contributed by atoms with Crippen LogP contribution in [0.2, 0.25) is 0 Å². The second-order valence-electron chi connectivity index (χ2n) is 6.80. The Bertz CT molecular complexity index is 734. The van der Waals surface area contributed by atoms with Crippen molar-refractivity contribution in [2.24, 2.45) is 0 Å². The van der Waals surface area contributed by atoms with Crippen LogP contribution in [-0.2, 0) is 13.0 Å². The van der Waals surface area contributed by atoms with Crippen LogP contribution in [0.15, 0.2) is 35.2 Å². The summed E-state index contributed by atoms with van der Waals surface area (Å²) in [6.07, 6.45) is 1.65. The number of aliphatic hydroxyl groups is 1. The first-order valence-electron chi connectivity index (χ1n) is 8.32. The number of likely N-dealkylation sites (tertiary alicyclic amines) is 1. The van der Waals surface area contributed by atoms with E-state index in [4.69, 9.17) is 0 Å². The molecule has 0 radical (unpaired) electrons. The molecule has 4 rings (SSSR count). The molecule has 1 N–H and O–H groups in total. The molecular formula is C18H21N3O2S. The average Bonchev–Trinajstić information content (AvgIpc) is 3.24. The number of rotatable bonds is 3. The number of hydrogen-bond donors (Lipinski definition) is 1. The van der Waals surface area contributed by atoms with Gasteiger partial charge in [0.15, 0.2) is 0 Å². The van der Waals surface area contributed by atoms with Gasteiger partial charge in [0, 0.05) is 31.6 Å². The maximum absolute atomic E-state index is 12.4. The Morgan fingerprint density at radius 3 is 2.92 bits per heavy atom. The summed E-state index contributed by atoms with van der Waals surface area (Å²) in [6.45, 7) is 3.43. The van der Waals surface area contributed by atoms with Gasteiger partial charge in [-0.25, -0.2) is 4.98 Å². The van der Waals surface area contributed by atoms with E-state index >= 15 is 0 Å². The number of β-amino-alcohol motifs (C(OH)–C–C–N with tert-alkyl or cyclic N) is 1. The molecule has 24 heavy (non-hydrogen) atoms. The first-order chi connectivity index (χ1) is 11.6. The fraction of sp³-hybridized carbons (Fsp3) is 0.444. The Labute approximate surface area is 145 Å². The third-order valence-corrected chi connectivity index (χ3v) is 5.59. The number of amides is 1. The zero-order valence-electron chi connectivity index (χ0n) is 13.5. The maximum Gasteiger partial charge on any atom is 0.273 e. The van der Waals surface area contributed by atoms with Gasteiger partial charge >= 0.3 is 0 Å². The normalized spacial score (nSPS) is 24.1. The molecule has 3 heterocycles. The van der Waals surface area contributed by atoms with Crippen LogP contribution in [0.25, 0.3) is 0 Å². The van der Waals surface area contributed by atoms with Crippen molar-refractivity contribution in [1.82, 2.24) is 14.8 Å². The van der Waals surface area contributed by atoms with Crippen molar-refractivity contribution in [1.29, 1.82) is 0 Å². The second kappa shape index (κ2) is 6.27. The van der Waals surface area contributed by atoms with Crippen LogP contribution in [0.5, 0.6) is 0 Å². The molecule has 6 heteroatoms. The van der Waals surface area contributed by atoms with E-state index in [1.54, 1.807) is 15.8 Å². The van der Waals surface area contributed by atoms with E-state index in [9.17, 15) is 9.90 Å². The monoisotopic (exact) mass is 343 g/mol. The molecule has 1 aromatic carbocycles. The van der Waals surface area contributed by atoms with Crippen molar-refractivity contribution >= 4 is 17.2 Å². The van der Waals surface area contributed by atoms with Crippen molar-refractivity contribution in [3.8, 4) is 0 Å². The van der Waals surface area contributed by atoms with Gasteiger partial charge in [0.25, 0.3) is 5.91 Å². The molecule has 0 spiro atoms. The third-order valence-electron chi connectivity index (χ3n) is 5.00. The lowest BCUT2D eigenvalue weighted by Crippen LogP contribution is -2.47. The summed E-state index contributed by atoms with van der Waals surface area (Å²) in [4.78, 5) is 20.5. The number of aromatic nitrogens is 1. The lowest BCUT2D eigenvalue weighted by Gasteiger charge is -2.34. The zero-order chi connectivity index (χ0) is 16.6. The van der Waals surface area contributed by atoms with Gasteiger partial charge in [-0.05, 0) is 24.0 Å². The molecular weight excluding hydrogens is 322 g/mol. The summed E-state index contributed by atoms with van der Waals surface area (Å²) in [7, 11) is 0. The molecule has 2 aliphatic heterocycles. The Balaban J connectivity index is 1.40.